The van der Waals surface area contributed by atoms with Crippen molar-refractivity contribution in [3.63, 3.8) is 0 Å². The van der Waals surface area contributed by atoms with Crippen LogP contribution in [0.1, 0.15) is 0 Å². The van der Waals surface area contributed by atoms with Gasteiger partial charge in [-0.2, -0.15) is 0 Å². The standard InChI is InChI=1S/C8H7NO4/c10-9(11)6-2-1-3-7(4-6)13-8-5-12-8/h1-4,8H,5H2/t8-/m0/s1. The van der Waals surface area contributed by atoms with Gasteiger partial charge in [-0.05, 0) is 6.07 Å². The zero-order valence-corrected chi connectivity index (χ0v) is 6.67. The van der Waals surface area contributed by atoms with Crippen molar-refractivity contribution in [3.8, 4) is 5.75 Å². The average Bonchev–Trinajstić information content (AvgIpc) is 2.89. The first-order valence-corrected chi connectivity index (χ1v) is 3.78. The average molecular weight is 181 g/mol. The Bertz CT molecular complexity index is 335. The Kier molecular flexibility index (Phi) is 1.86. The number of hydrogen-bond acceptors (Lipinski definition) is 4. The summed E-state index contributed by atoms with van der Waals surface area (Å²) in [5.74, 6) is 0.469. The molecule has 13 heavy (non-hydrogen) atoms. The Labute approximate surface area is 74.0 Å². The zero-order chi connectivity index (χ0) is 9.26. The summed E-state index contributed by atoms with van der Waals surface area (Å²) in [5, 5.41) is 10.4. The van der Waals surface area contributed by atoms with Crippen molar-refractivity contribution < 1.29 is 14.4 Å². The van der Waals surface area contributed by atoms with Crippen molar-refractivity contribution in [2.24, 2.45) is 0 Å². The molecule has 68 valence electrons. The second kappa shape index (κ2) is 3.02. The number of hydrogen-bond donors (Lipinski definition) is 0. The number of non-ortho nitro benzene ring substituents is 1. The Balaban J connectivity index is 2.15. The van der Waals surface area contributed by atoms with E-state index in [0.717, 1.165) is 0 Å². The highest BCUT2D eigenvalue weighted by Gasteiger charge is 2.25. The van der Waals surface area contributed by atoms with Crippen LogP contribution in [0.25, 0.3) is 0 Å². The van der Waals surface area contributed by atoms with Crippen LogP contribution < -0.4 is 4.74 Å². The van der Waals surface area contributed by atoms with E-state index in [1.165, 1.54) is 12.1 Å². The van der Waals surface area contributed by atoms with E-state index in [1.54, 1.807) is 12.1 Å². The lowest BCUT2D eigenvalue weighted by Gasteiger charge is -2.00. The number of epoxide rings is 1. The lowest BCUT2D eigenvalue weighted by molar-refractivity contribution is -0.384. The first kappa shape index (κ1) is 8.00. The largest absolute Gasteiger partial charge is 0.462 e. The van der Waals surface area contributed by atoms with Crippen LogP contribution in [0.2, 0.25) is 0 Å². The molecule has 0 unspecified atom stereocenters. The molecule has 1 atom stereocenters. The van der Waals surface area contributed by atoms with Gasteiger partial charge in [0.1, 0.15) is 12.4 Å². The lowest BCUT2D eigenvalue weighted by atomic mass is 10.3. The highest BCUT2D eigenvalue weighted by Crippen LogP contribution is 2.23. The summed E-state index contributed by atoms with van der Waals surface area (Å²) in [5.41, 5.74) is 0.0261. The van der Waals surface area contributed by atoms with E-state index >= 15 is 0 Å². The maximum absolute atomic E-state index is 10.4. The second-order valence-electron chi connectivity index (χ2n) is 2.64. The Hall–Kier alpha value is -1.62. The van der Waals surface area contributed by atoms with Gasteiger partial charge >= 0.3 is 0 Å². The molecule has 2 rings (SSSR count). The third-order valence-electron chi connectivity index (χ3n) is 1.60. The van der Waals surface area contributed by atoms with E-state index in [0.29, 0.717) is 12.4 Å². The summed E-state index contributed by atoms with van der Waals surface area (Å²) in [4.78, 5) is 9.92. The number of nitro benzene ring substituents is 1. The lowest BCUT2D eigenvalue weighted by Crippen LogP contribution is -1.98. The van der Waals surface area contributed by atoms with Crippen LogP contribution in [0.5, 0.6) is 5.75 Å². The van der Waals surface area contributed by atoms with Crippen molar-refractivity contribution in [1.82, 2.24) is 0 Å². The molecule has 1 fully saturated rings. The summed E-state index contributed by atoms with van der Waals surface area (Å²) in [7, 11) is 0. The van der Waals surface area contributed by atoms with Crippen LogP contribution in [-0.4, -0.2) is 17.8 Å². The molecular formula is C8H7NO4. The molecule has 1 aliphatic rings. The van der Waals surface area contributed by atoms with Crippen molar-refractivity contribution in [2.45, 2.75) is 6.29 Å². The quantitative estimate of drug-likeness (QED) is 0.401. The van der Waals surface area contributed by atoms with Gasteiger partial charge in [0, 0.05) is 6.07 Å². The van der Waals surface area contributed by atoms with Gasteiger partial charge in [0.05, 0.1) is 11.0 Å². The second-order valence-corrected chi connectivity index (χ2v) is 2.64. The summed E-state index contributed by atoms with van der Waals surface area (Å²) in [6, 6.07) is 6.03. The molecule has 5 heteroatoms. The minimum atomic E-state index is -0.458. The van der Waals surface area contributed by atoms with Gasteiger partial charge in [0.25, 0.3) is 5.69 Å². The molecule has 5 nitrogen and oxygen atoms in total. The van der Waals surface area contributed by atoms with Gasteiger partial charge in [-0.25, -0.2) is 0 Å². The van der Waals surface area contributed by atoms with Gasteiger partial charge in [-0.15, -0.1) is 0 Å². The fourth-order valence-electron chi connectivity index (χ4n) is 0.929. The monoisotopic (exact) mass is 181 g/mol. The topological polar surface area (TPSA) is 64.9 Å². The normalized spacial score (nSPS) is 19.5. The number of nitrogens with zero attached hydrogens (tertiary/aromatic N) is 1. The number of ether oxygens (including phenoxy) is 2. The Morgan fingerprint density at radius 3 is 3.00 bits per heavy atom. The van der Waals surface area contributed by atoms with Crippen molar-refractivity contribution >= 4 is 5.69 Å². The molecule has 1 saturated heterocycles. The van der Waals surface area contributed by atoms with E-state index in [9.17, 15) is 10.1 Å². The molecule has 0 bridgehead atoms. The van der Waals surface area contributed by atoms with Gasteiger partial charge in [0.15, 0.2) is 0 Å². The Morgan fingerprint density at radius 2 is 2.38 bits per heavy atom. The van der Waals surface area contributed by atoms with E-state index in [4.69, 9.17) is 9.47 Å². The molecule has 1 heterocycles. The van der Waals surface area contributed by atoms with E-state index in [2.05, 4.69) is 0 Å². The highest BCUT2D eigenvalue weighted by molar-refractivity contribution is 5.38. The first-order valence-electron chi connectivity index (χ1n) is 3.78. The molecule has 0 radical (unpaired) electrons. The smallest absolute Gasteiger partial charge is 0.273 e. The van der Waals surface area contributed by atoms with Crippen LogP contribution in [0, 0.1) is 10.1 Å². The molecule has 0 spiro atoms. The van der Waals surface area contributed by atoms with Crippen molar-refractivity contribution in [3.05, 3.63) is 34.4 Å². The fraction of sp³-hybridized carbons (Fsp3) is 0.250. The van der Waals surface area contributed by atoms with E-state index in [1.807, 2.05) is 0 Å². The SMILES string of the molecule is O=[N+]([O-])c1cccc(O[C@H]2CO2)c1. The zero-order valence-electron chi connectivity index (χ0n) is 6.67. The minimum Gasteiger partial charge on any atom is -0.462 e. The molecule has 0 saturated carbocycles. The van der Waals surface area contributed by atoms with Crippen LogP contribution >= 0.6 is 0 Å². The third-order valence-corrected chi connectivity index (χ3v) is 1.60. The number of nitro groups is 1. The Morgan fingerprint density at radius 1 is 1.62 bits per heavy atom. The molecule has 1 aromatic carbocycles. The highest BCUT2D eigenvalue weighted by atomic mass is 16.8. The molecule has 1 aliphatic heterocycles. The minimum absolute atomic E-state index is 0.0261. The van der Waals surface area contributed by atoms with Crippen LogP contribution in [0.3, 0.4) is 0 Å². The first-order chi connectivity index (χ1) is 6.25. The van der Waals surface area contributed by atoms with Gasteiger partial charge < -0.3 is 9.47 Å². The van der Waals surface area contributed by atoms with Crippen molar-refractivity contribution in [2.75, 3.05) is 6.61 Å². The van der Waals surface area contributed by atoms with Crippen LogP contribution in [0.4, 0.5) is 5.69 Å². The van der Waals surface area contributed by atoms with Crippen molar-refractivity contribution in [1.29, 1.82) is 0 Å². The number of rotatable bonds is 3. The molecule has 0 aliphatic carbocycles. The predicted molar refractivity (Wildman–Crippen MR) is 43.5 cm³/mol. The fourth-order valence-corrected chi connectivity index (χ4v) is 0.929. The van der Waals surface area contributed by atoms with Gasteiger partial charge in [-0.3, -0.25) is 10.1 Å². The molecule has 0 aromatic heterocycles. The van der Waals surface area contributed by atoms with Crippen LogP contribution in [-0.2, 0) is 4.74 Å². The summed E-state index contributed by atoms with van der Waals surface area (Å²) in [6.45, 7) is 0.558. The molecule has 0 N–H and O–H groups in total. The third kappa shape index (κ3) is 1.94. The van der Waals surface area contributed by atoms with Crippen LogP contribution in [0.15, 0.2) is 24.3 Å². The van der Waals surface area contributed by atoms with E-state index in [-0.39, 0.29) is 12.0 Å². The maximum atomic E-state index is 10.4. The summed E-state index contributed by atoms with van der Waals surface area (Å²) >= 11 is 0. The summed E-state index contributed by atoms with van der Waals surface area (Å²) in [6.07, 6.45) is -0.220. The van der Waals surface area contributed by atoms with E-state index < -0.39 is 4.92 Å². The predicted octanol–water partition coefficient (Wildman–Crippen LogP) is 1.33. The maximum Gasteiger partial charge on any atom is 0.273 e. The molecule has 0 amide bonds. The van der Waals surface area contributed by atoms with Gasteiger partial charge in [-0.1, -0.05) is 6.07 Å². The van der Waals surface area contributed by atoms with Gasteiger partial charge in [0.2, 0.25) is 6.29 Å². The molecule has 1 aromatic rings. The summed E-state index contributed by atoms with van der Waals surface area (Å²) < 4.78 is 10.0. The molecular weight excluding hydrogens is 174 g/mol. The number of benzene rings is 1.